The van der Waals surface area contributed by atoms with E-state index in [2.05, 4.69) is 12.4 Å². The van der Waals surface area contributed by atoms with Crippen LogP contribution in [0.2, 0.25) is 5.02 Å². The minimum absolute atomic E-state index is 0.0300. The molecule has 0 bridgehead atoms. The number of nitrogens with one attached hydrogen (secondary N) is 3. The molecular formula is C20H23ClF3N3O+2. The second-order valence-electron chi connectivity index (χ2n) is 7.14. The Bertz CT molecular complexity index is 821. The number of alkyl halides is 3. The maximum atomic E-state index is 13.4. The van der Waals surface area contributed by atoms with Gasteiger partial charge in [0.1, 0.15) is 26.2 Å². The first-order valence-electron chi connectivity index (χ1n) is 9.14. The highest BCUT2D eigenvalue weighted by atomic mass is 35.5. The van der Waals surface area contributed by atoms with Gasteiger partial charge in [-0.2, -0.15) is 13.2 Å². The Kier molecular flexibility index (Phi) is 6.27. The summed E-state index contributed by atoms with van der Waals surface area (Å²) in [7, 11) is 2.09. The van der Waals surface area contributed by atoms with Crippen molar-refractivity contribution in [3.63, 3.8) is 0 Å². The van der Waals surface area contributed by atoms with Crippen LogP contribution in [-0.2, 0) is 11.0 Å². The van der Waals surface area contributed by atoms with Gasteiger partial charge in [-0.15, -0.1) is 0 Å². The molecular weight excluding hydrogens is 391 g/mol. The van der Waals surface area contributed by atoms with E-state index < -0.39 is 23.7 Å². The Hall–Kier alpha value is -2.09. The highest BCUT2D eigenvalue weighted by Gasteiger charge is 2.38. The van der Waals surface area contributed by atoms with Gasteiger partial charge in [0.05, 0.1) is 18.3 Å². The van der Waals surface area contributed by atoms with Gasteiger partial charge in [-0.25, -0.2) is 0 Å². The van der Waals surface area contributed by atoms with Crippen LogP contribution in [0.3, 0.4) is 0 Å². The van der Waals surface area contributed by atoms with Crippen molar-refractivity contribution < 1.29 is 27.8 Å². The van der Waals surface area contributed by atoms with E-state index in [4.69, 9.17) is 11.6 Å². The molecule has 1 aliphatic heterocycles. The number of benzene rings is 2. The molecule has 28 heavy (non-hydrogen) atoms. The molecule has 2 aromatic carbocycles. The molecule has 1 heterocycles. The number of piperazine rings is 1. The predicted octanol–water partition coefficient (Wildman–Crippen LogP) is 1.45. The number of likely N-dealkylation sites (N-methyl/N-ethyl adjacent to an activating group) is 1. The molecule has 0 aromatic heterocycles. The smallest absolute Gasteiger partial charge is 0.328 e. The Balaban J connectivity index is 1.91. The fourth-order valence-electron chi connectivity index (χ4n) is 3.57. The van der Waals surface area contributed by atoms with Crippen molar-refractivity contribution in [2.24, 2.45) is 0 Å². The summed E-state index contributed by atoms with van der Waals surface area (Å²) < 4.78 is 40.1. The number of amides is 1. The quantitative estimate of drug-likeness (QED) is 0.697. The highest BCUT2D eigenvalue weighted by Crippen LogP contribution is 2.36. The number of halogens is 4. The van der Waals surface area contributed by atoms with Gasteiger partial charge in [0.25, 0.3) is 5.91 Å². The summed E-state index contributed by atoms with van der Waals surface area (Å²) >= 11 is 5.73. The lowest BCUT2D eigenvalue weighted by Crippen LogP contribution is -3.27. The topological polar surface area (TPSA) is 38.0 Å². The third kappa shape index (κ3) is 4.84. The summed E-state index contributed by atoms with van der Waals surface area (Å²) in [6, 6.07) is 12.0. The first-order chi connectivity index (χ1) is 13.3. The van der Waals surface area contributed by atoms with E-state index in [1.807, 2.05) is 30.3 Å². The monoisotopic (exact) mass is 413 g/mol. The van der Waals surface area contributed by atoms with Gasteiger partial charge in [0, 0.05) is 10.6 Å². The molecule has 3 N–H and O–H groups in total. The van der Waals surface area contributed by atoms with Gasteiger partial charge >= 0.3 is 6.18 Å². The molecule has 0 aliphatic carbocycles. The van der Waals surface area contributed by atoms with Crippen molar-refractivity contribution in [3.05, 3.63) is 64.7 Å². The van der Waals surface area contributed by atoms with Crippen LogP contribution in [0.15, 0.2) is 48.5 Å². The first kappa shape index (κ1) is 20.6. The zero-order valence-electron chi connectivity index (χ0n) is 15.4. The van der Waals surface area contributed by atoms with Crippen LogP contribution in [0.5, 0.6) is 0 Å². The molecule has 3 rings (SSSR count). The Morgan fingerprint density at radius 3 is 2.32 bits per heavy atom. The van der Waals surface area contributed by atoms with Crippen LogP contribution in [-0.4, -0.2) is 39.1 Å². The van der Waals surface area contributed by atoms with Crippen LogP contribution in [0.4, 0.5) is 18.9 Å². The van der Waals surface area contributed by atoms with Gasteiger partial charge in [-0.05, 0) is 18.2 Å². The number of carbonyl (C=O) groups is 1. The van der Waals surface area contributed by atoms with E-state index in [1.165, 1.54) is 17.0 Å². The van der Waals surface area contributed by atoms with E-state index in [1.54, 1.807) is 0 Å². The Labute approximate surface area is 166 Å². The fourth-order valence-corrected chi connectivity index (χ4v) is 3.74. The Morgan fingerprint density at radius 1 is 1.07 bits per heavy atom. The van der Waals surface area contributed by atoms with Crippen LogP contribution in [0, 0.1) is 0 Å². The van der Waals surface area contributed by atoms with Crippen LogP contribution in [0.25, 0.3) is 0 Å². The third-order valence-electron chi connectivity index (χ3n) is 5.09. The van der Waals surface area contributed by atoms with Crippen LogP contribution < -0.4 is 15.1 Å². The molecule has 1 saturated heterocycles. The van der Waals surface area contributed by atoms with E-state index in [0.717, 1.165) is 42.7 Å². The van der Waals surface area contributed by atoms with Crippen molar-refractivity contribution in [2.45, 2.75) is 12.2 Å². The van der Waals surface area contributed by atoms with Gasteiger partial charge in [0.2, 0.25) is 0 Å². The maximum absolute atomic E-state index is 13.4. The second-order valence-corrected chi connectivity index (χ2v) is 7.57. The summed E-state index contributed by atoms with van der Waals surface area (Å²) in [5.41, 5.74) is -0.433. The van der Waals surface area contributed by atoms with Gasteiger partial charge in [-0.1, -0.05) is 41.9 Å². The van der Waals surface area contributed by atoms with E-state index in [-0.39, 0.29) is 10.7 Å². The molecule has 0 saturated carbocycles. The summed E-state index contributed by atoms with van der Waals surface area (Å²) in [5.74, 6) is -0.450. The fraction of sp³-hybridized carbons (Fsp3) is 0.350. The van der Waals surface area contributed by atoms with Crippen molar-refractivity contribution in [3.8, 4) is 0 Å². The van der Waals surface area contributed by atoms with E-state index >= 15 is 0 Å². The molecule has 2 aromatic rings. The summed E-state index contributed by atoms with van der Waals surface area (Å²) in [6.45, 7) is 3.35. The van der Waals surface area contributed by atoms with Crippen molar-refractivity contribution in [1.82, 2.24) is 0 Å². The zero-order valence-corrected chi connectivity index (χ0v) is 16.2. The summed E-state index contributed by atoms with van der Waals surface area (Å²) in [6.07, 6.45) is -4.61. The largest absolute Gasteiger partial charge is 0.418 e. The van der Waals surface area contributed by atoms with E-state index in [9.17, 15) is 18.0 Å². The lowest BCUT2D eigenvalue weighted by Gasteiger charge is -2.33. The number of hydrogen-bond acceptors (Lipinski definition) is 1. The average molecular weight is 414 g/mol. The van der Waals surface area contributed by atoms with Gasteiger partial charge in [0.15, 0.2) is 6.04 Å². The number of carbonyl (C=O) groups excluding carboxylic acids is 1. The number of hydrogen-bond donors (Lipinski definition) is 3. The standard InChI is InChI=1S/C20H21ClF3N3O/c1-26-9-11-27(12-10-26)18(14-5-3-2-4-6-14)19(28)25-17-8-7-15(21)13-16(17)20(22,23)24/h2-8,13,18H,9-12H2,1H3,(H,25,28)/p+2/t18-/m1/s1. The maximum Gasteiger partial charge on any atom is 0.418 e. The molecule has 0 unspecified atom stereocenters. The van der Waals surface area contributed by atoms with Crippen LogP contribution >= 0.6 is 11.6 Å². The van der Waals surface area contributed by atoms with Crippen molar-refractivity contribution >= 4 is 23.2 Å². The minimum atomic E-state index is -4.61. The lowest BCUT2D eigenvalue weighted by molar-refractivity contribution is -1.01. The Morgan fingerprint density at radius 2 is 1.71 bits per heavy atom. The number of quaternary nitrogens is 2. The van der Waals surface area contributed by atoms with Gasteiger partial charge < -0.3 is 15.1 Å². The molecule has 1 aliphatic rings. The second kappa shape index (κ2) is 8.51. The van der Waals surface area contributed by atoms with Gasteiger partial charge in [-0.3, -0.25) is 4.79 Å². The molecule has 150 valence electrons. The zero-order chi connectivity index (χ0) is 20.3. The average Bonchev–Trinajstić information content (AvgIpc) is 2.65. The summed E-state index contributed by atoms with van der Waals surface area (Å²) in [4.78, 5) is 15.6. The predicted molar refractivity (Wildman–Crippen MR) is 102 cm³/mol. The van der Waals surface area contributed by atoms with Crippen molar-refractivity contribution in [2.75, 3.05) is 38.5 Å². The molecule has 0 radical (unpaired) electrons. The number of rotatable bonds is 4. The minimum Gasteiger partial charge on any atom is -0.328 e. The molecule has 4 nitrogen and oxygen atoms in total. The summed E-state index contributed by atoms with van der Waals surface area (Å²) in [5, 5.41) is 2.48. The molecule has 1 atom stereocenters. The molecule has 0 spiro atoms. The molecule has 1 amide bonds. The SMILES string of the molecule is C[NH+]1CC[NH+]([C@@H](C(=O)Nc2ccc(Cl)cc2C(F)(F)F)c2ccccc2)CC1. The molecule has 1 fully saturated rings. The van der Waals surface area contributed by atoms with Crippen molar-refractivity contribution in [1.29, 1.82) is 0 Å². The normalized spacial score (nSPS) is 21.2. The van der Waals surface area contributed by atoms with E-state index in [0.29, 0.717) is 0 Å². The lowest BCUT2D eigenvalue weighted by atomic mass is 10.0. The highest BCUT2D eigenvalue weighted by molar-refractivity contribution is 6.30. The van der Waals surface area contributed by atoms with Crippen LogP contribution in [0.1, 0.15) is 17.2 Å². The first-order valence-corrected chi connectivity index (χ1v) is 9.52. The molecule has 8 heteroatoms. The number of anilines is 1. The third-order valence-corrected chi connectivity index (χ3v) is 5.33.